The Hall–Kier alpha value is -1.06. The number of rotatable bonds is 4. The molecular weight excluding hydrogens is 235 g/mol. The fraction of sp³-hybridized carbons (Fsp3) is 0.200. The van der Waals surface area contributed by atoms with Gasteiger partial charge in [-0.2, -0.15) is 0 Å². The molecule has 15 heavy (non-hydrogen) atoms. The molecule has 0 atom stereocenters. The summed E-state index contributed by atoms with van der Waals surface area (Å²) in [5, 5.41) is 3.25. The van der Waals surface area contributed by atoms with Crippen molar-refractivity contribution in [3.05, 3.63) is 40.7 Å². The van der Waals surface area contributed by atoms with Gasteiger partial charge in [0.15, 0.2) is 0 Å². The van der Waals surface area contributed by atoms with Gasteiger partial charge in [0.2, 0.25) is 0 Å². The van der Waals surface area contributed by atoms with Crippen LogP contribution >= 0.6 is 23.2 Å². The van der Waals surface area contributed by atoms with Crippen molar-refractivity contribution in [3.8, 4) is 0 Å². The van der Waals surface area contributed by atoms with Crippen molar-refractivity contribution < 1.29 is 4.79 Å². The lowest BCUT2D eigenvalue weighted by molar-refractivity contribution is 0.0954. The van der Waals surface area contributed by atoms with E-state index in [0.29, 0.717) is 23.6 Å². The Morgan fingerprint density at radius 3 is 2.93 bits per heavy atom. The van der Waals surface area contributed by atoms with Crippen LogP contribution < -0.4 is 5.32 Å². The molecule has 1 aromatic heterocycles. The van der Waals surface area contributed by atoms with Crippen LogP contribution in [0.1, 0.15) is 16.8 Å². The third kappa shape index (κ3) is 3.53. The van der Waals surface area contributed by atoms with E-state index in [1.165, 1.54) is 12.3 Å². The Morgan fingerprint density at radius 2 is 2.33 bits per heavy atom. The van der Waals surface area contributed by atoms with Crippen molar-refractivity contribution in [3.63, 3.8) is 0 Å². The van der Waals surface area contributed by atoms with E-state index in [-0.39, 0.29) is 11.1 Å². The molecule has 0 saturated carbocycles. The molecule has 3 nitrogen and oxygen atoms in total. The van der Waals surface area contributed by atoms with E-state index in [4.69, 9.17) is 23.2 Å². The third-order valence-corrected chi connectivity index (χ3v) is 2.22. The molecule has 1 heterocycles. The van der Waals surface area contributed by atoms with Crippen LogP contribution in [0.3, 0.4) is 0 Å². The summed E-state index contributed by atoms with van der Waals surface area (Å²) in [4.78, 5) is 15.3. The molecule has 0 bridgehead atoms. The molecule has 0 aliphatic rings. The number of hydrogen-bond donors (Lipinski definition) is 1. The Balaban J connectivity index is 2.69. The van der Waals surface area contributed by atoms with Crippen molar-refractivity contribution in [1.29, 1.82) is 0 Å². The summed E-state index contributed by atoms with van der Waals surface area (Å²) in [6.07, 6.45) is 3.79. The van der Waals surface area contributed by atoms with Crippen molar-refractivity contribution in [2.24, 2.45) is 0 Å². The monoisotopic (exact) mass is 244 g/mol. The minimum atomic E-state index is -0.258. The topological polar surface area (TPSA) is 42.0 Å². The average molecular weight is 245 g/mol. The second-order valence-electron chi connectivity index (χ2n) is 2.82. The van der Waals surface area contributed by atoms with Crippen LogP contribution in [-0.2, 0) is 0 Å². The minimum Gasteiger partial charge on any atom is -0.352 e. The zero-order valence-corrected chi connectivity index (χ0v) is 9.48. The number of pyridine rings is 1. The maximum Gasteiger partial charge on any atom is 0.254 e. The zero-order valence-electron chi connectivity index (χ0n) is 7.96. The number of hydrogen-bond acceptors (Lipinski definition) is 2. The normalized spacial score (nSPS) is 9.73. The SMILES string of the molecule is C=CCCNC(=O)c1cnc(Cl)cc1Cl. The van der Waals surface area contributed by atoms with E-state index in [9.17, 15) is 4.79 Å². The predicted molar refractivity (Wildman–Crippen MR) is 61.4 cm³/mol. The zero-order chi connectivity index (χ0) is 11.3. The van der Waals surface area contributed by atoms with E-state index in [1.54, 1.807) is 6.08 Å². The Labute approximate surface area is 98.1 Å². The van der Waals surface area contributed by atoms with Gasteiger partial charge in [-0.1, -0.05) is 29.3 Å². The number of nitrogens with zero attached hydrogens (tertiary/aromatic N) is 1. The molecule has 0 saturated heterocycles. The molecule has 1 N–H and O–H groups in total. The maximum absolute atomic E-state index is 11.5. The van der Waals surface area contributed by atoms with E-state index in [2.05, 4.69) is 16.9 Å². The van der Waals surface area contributed by atoms with Gasteiger partial charge in [0.25, 0.3) is 5.91 Å². The van der Waals surface area contributed by atoms with Crippen LogP contribution in [-0.4, -0.2) is 17.4 Å². The molecule has 0 unspecified atom stereocenters. The van der Waals surface area contributed by atoms with Gasteiger partial charge in [-0.3, -0.25) is 4.79 Å². The highest BCUT2D eigenvalue weighted by Gasteiger charge is 2.10. The van der Waals surface area contributed by atoms with Gasteiger partial charge in [-0.25, -0.2) is 4.98 Å². The Morgan fingerprint density at radius 1 is 1.60 bits per heavy atom. The Kier molecular flexibility index (Phi) is 4.59. The molecule has 80 valence electrons. The summed E-state index contributed by atoms with van der Waals surface area (Å²) in [6, 6.07) is 1.44. The highest BCUT2D eigenvalue weighted by atomic mass is 35.5. The van der Waals surface area contributed by atoms with Crippen LogP contribution in [0.2, 0.25) is 10.2 Å². The first-order valence-corrected chi connectivity index (χ1v) is 5.11. The van der Waals surface area contributed by atoms with Gasteiger partial charge in [0.1, 0.15) is 5.15 Å². The lowest BCUT2D eigenvalue weighted by atomic mass is 10.2. The highest BCUT2D eigenvalue weighted by molar-refractivity contribution is 6.36. The van der Waals surface area contributed by atoms with E-state index >= 15 is 0 Å². The minimum absolute atomic E-state index is 0.258. The summed E-state index contributed by atoms with van der Waals surface area (Å²) in [6.45, 7) is 4.08. The quantitative estimate of drug-likeness (QED) is 0.503. The van der Waals surface area contributed by atoms with E-state index in [0.717, 1.165) is 0 Å². The number of amides is 1. The number of carbonyl (C=O) groups is 1. The van der Waals surface area contributed by atoms with Gasteiger partial charge in [0.05, 0.1) is 10.6 Å². The van der Waals surface area contributed by atoms with Gasteiger partial charge in [-0.05, 0) is 12.5 Å². The van der Waals surface area contributed by atoms with Crippen molar-refractivity contribution in [2.45, 2.75) is 6.42 Å². The number of halogens is 2. The summed E-state index contributed by atoms with van der Waals surface area (Å²) in [5.41, 5.74) is 0.324. The third-order valence-electron chi connectivity index (χ3n) is 1.70. The standard InChI is InChI=1S/C10H10Cl2N2O/c1-2-3-4-13-10(15)7-6-14-9(12)5-8(7)11/h2,5-6H,1,3-4H2,(H,13,15). The molecule has 1 aromatic rings. The van der Waals surface area contributed by atoms with Gasteiger partial charge in [-0.15, -0.1) is 6.58 Å². The molecule has 0 aliphatic heterocycles. The van der Waals surface area contributed by atoms with Crippen molar-refractivity contribution >= 4 is 29.1 Å². The fourth-order valence-corrected chi connectivity index (χ4v) is 1.41. The van der Waals surface area contributed by atoms with E-state index in [1.807, 2.05) is 0 Å². The molecule has 0 spiro atoms. The summed E-state index contributed by atoms with van der Waals surface area (Å²) < 4.78 is 0. The van der Waals surface area contributed by atoms with Gasteiger partial charge < -0.3 is 5.32 Å². The van der Waals surface area contributed by atoms with Crippen LogP contribution in [0.25, 0.3) is 0 Å². The second-order valence-corrected chi connectivity index (χ2v) is 3.61. The summed E-state index contributed by atoms with van der Waals surface area (Å²) >= 11 is 11.4. The number of nitrogens with one attached hydrogen (secondary N) is 1. The predicted octanol–water partition coefficient (Wildman–Crippen LogP) is 2.69. The summed E-state index contributed by atoms with van der Waals surface area (Å²) in [7, 11) is 0. The van der Waals surface area contributed by atoms with Crippen molar-refractivity contribution in [1.82, 2.24) is 10.3 Å². The first kappa shape index (κ1) is 12.0. The molecule has 0 aromatic carbocycles. The number of carbonyl (C=O) groups excluding carboxylic acids is 1. The molecule has 0 radical (unpaired) electrons. The molecule has 0 fully saturated rings. The fourth-order valence-electron chi connectivity index (χ4n) is 0.958. The smallest absolute Gasteiger partial charge is 0.254 e. The summed E-state index contributed by atoms with van der Waals surface area (Å²) in [5.74, 6) is -0.258. The van der Waals surface area contributed by atoms with Crippen LogP contribution in [0, 0.1) is 0 Å². The first-order valence-electron chi connectivity index (χ1n) is 4.35. The maximum atomic E-state index is 11.5. The van der Waals surface area contributed by atoms with E-state index < -0.39 is 0 Å². The molecule has 0 aliphatic carbocycles. The van der Waals surface area contributed by atoms with Crippen LogP contribution in [0.15, 0.2) is 24.9 Å². The lowest BCUT2D eigenvalue weighted by Gasteiger charge is -2.04. The Bertz CT molecular complexity index is 380. The lowest BCUT2D eigenvalue weighted by Crippen LogP contribution is -2.24. The first-order chi connectivity index (χ1) is 7.15. The molecule has 1 amide bonds. The van der Waals surface area contributed by atoms with Gasteiger partial charge in [0, 0.05) is 12.7 Å². The number of aromatic nitrogens is 1. The van der Waals surface area contributed by atoms with Gasteiger partial charge >= 0.3 is 0 Å². The average Bonchev–Trinajstić information content (AvgIpc) is 2.17. The molecule has 5 heteroatoms. The second kappa shape index (κ2) is 5.73. The highest BCUT2D eigenvalue weighted by Crippen LogP contribution is 2.18. The molecule has 1 rings (SSSR count). The van der Waals surface area contributed by atoms with Crippen LogP contribution in [0.4, 0.5) is 0 Å². The van der Waals surface area contributed by atoms with Crippen LogP contribution in [0.5, 0.6) is 0 Å². The largest absolute Gasteiger partial charge is 0.352 e. The molecular formula is C10H10Cl2N2O. The van der Waals surface area contributed by atoms with Crippen molar-refractivity contribution in [2.75, 3.05) is 6.54 Å².